The van der Waals surface area contributed by atoms with Crippen molar-refractivity contribution in [1.82, 2.24) is 4.57 Å². The maximum Gasteiger partial charge on any atom is 0.0992 e. The van der Waals surface area contributed by atoms with Crippen molar-refractivity contribution in [2.45, 2.75) is 0 Å². The maximum atomic E-state index is 10.4. The topological polar surface area (TPSA) is 28.7 Å². The van der Waals surface area contributed by atoms with Gasteiger partial charge < -0.3 is 4.57 Å². The number of hydrogen-bond acceptors (Lipinski definition) is 1. The minimum Gasteiger partial charge on any atom is -0.309 e. The van der Waals surface area contributed by atoms with Gasteiger partial charge in [-0.05, 0) is 115 Å². The summed E-state index contributed by atoms with van der Waals surface area (Å²) in [5.74, 6) is 0. The molecule has 10 aromatic rings. The van der Waals surface area contributed by atoms with E-state index in [0.717, 1.165) is 44.5 Å². The summed E-state index contributed by atoms with van der Waals surface area (Å²) in [6, 6.07) is 71.6. The summed E-state index contributed by atoms with van der Waals surface area (Å²) >= 11 is 0. The third-order valence-corrected chi connectivity index (χ3v) is 10.5. The fraction of sp³-hybridized carbons (Fsp3) is 0. The van der Waals surface area contributed by atoms with E-state index in [9.17, 15) is 5.26 Å². The largest absolute Gasteiger partial charge is 0.309 e. The fourth-order valence-electron chi connectivity index (χ4n) is 8.26. The number of benzene rings is 9. The average Bonchev–Trinajstić information content (AvgIpc) is 3.57. The van der Waals surface area contributed by atoms with Crippen molar-refractivity contribution in [3.8, 4) is 56.3 Å². The Bertz CT molecular complexity index is 2940. The quantitative estimate of drug-likeness (QED) is 0.167. The molecule has 1 heterocycles. The van der Waals surface area contributed by atoms with Gasteiger partial charge in [0, 0.05) is 16.5 Å². The molecule has 0 saturated carbocycles. The molecule has 0 saturated heterocycles. The Kier molecular flexibility index (Phi) is 7.23. The van der Waals surface area contributed by atoms with Crippen molar-refractivity contribution in [3.63, 3.8) is 0 Å². The molecular weight excluding hydrogens is 641 g/mol. The smallest absolute Gasteiger partial charge is 0.0992 e. The molecule has 53 heavy (non-hydrogen) atoms. The van der Waals surface area contributed by atoms with Crippen LogP contribution in [0.5, 0.6) is 0 Å². The highest BCUT2D eigenvalue weighted by Gasteiger charge is 2.19. The van der Waals surface area contributed by atoms with Crippen molar-refractivity contribution in [2.75, 3.05) is 0 Å². The Hall–Kier alpha value is -7.21. The van der Waals surface area contributed by atoms with E-state index in [0.29, 0.717) is 5.56 Å². The van der Waals surface area contributed by atoms with Crippen molar-refractivity contribution in [1.29, 1.82) is 5.26 Å². The Morgan fingerprint density at radius 1 is 0.321 bits per heavy atom. The van der Waals surface area contributed by atoms with Gasteiger partial charge in [0.2, 0.25) is 0 Å². The molecule has 0 unspecified atom stereocenters. The molecule has 0 aliphatic carbocycles. The number of rotatable bonds is 5. The molecule has 246 valence electrons. The van der Waals surface area contributed by atoms with Crippen LogP contribution in [0.25, 0.3) is 93.5 Å². The molecular formula is C51H32N2. The highest BCUT2D eigenvalue weighted by Crippen LogP contribution is 2.45. The van der Waals surface area contributed by atoms with E-state index < -0.39 is 0 Å². The number of fused-ring (bicyclic) bond motifs is 5. The molecule has 0 N–H and O–H groups in total. The van der Waals surface area contributed by atoms with Crippen LogP contribution in [-0.4, -0.2) is 4.57 Å². The second-order valence-corrected chi connectivity index (χ2v) is 13.6. The lowest BCUT2D eigenvalue weighted by Gasteiger charge is -2.19. The molecule has 0 spiro atoms. The van der Waals surface area contributed by atoms with Crippen LogP contribution in [0.2, 0.25) is 0 Å². The average molecular weight is 673 g/mol. The predicted molar refractivity (Wildman–Crippen MR) is 222 cm³/mol. The van der Waals surface area contributed by atoms with Crippen LogP contribution in [-0.2, 0) is 0 Å². The number of para-hydroxylation sites is 2. The first-order chi connectivity index (χ1) is 26.2. The van der Waals surface area contributed by atoms with Gasteiger partial charge in [-0.1, -0.05) is 146 Å². The zero-order valence-corrected chi connectivity index (χ0v) is 28.9. The van der Waals surface area contributed by atoms with E-state index in [4.69, 9.17) is 0 Å². The molecule has 0 atom stereocenters. The minimum absolute atomic E-state index is 0.620. The summed E-state index contributed by atoms with van der Waals surface area (Å²) in [7, 11) is 0. The molecule has 2 nitrogen and oxygen atoms in total. The summed E-state index contributed by atoms with van der Waals surface area (Å²) < 4.78 is 2.29. The number of hydrogen-bond donors (Lipinski definition) is 0. The Morgan fingerprint density at radius 3 is 1.25 bits per heavy atom. The van der Waals surface area contributed by atoms with E-state index in [1.807, 2.05) is 12.1 Å². The van der Waals surface area contributed by atoms with E-state index in [1.54, 1.807) is 0 Å². The first-order valence-electron chi connectivity index (χ1n) is 18.0. The second-order valence-electron chi connectivity index (χ2n) is 13.6. The van der Waals surface area contributed by atoms with Gasteiger partial charge in [-0.25, -0.2) is 0 Å². The van der Waals surface area contributed by atoms with Crippen LogP contribution >= 0.6 is 0 Å². The van der Waals surface area contributed by atoms with Crippen molar-refractivity contribution < 1.29 is 0 Å². The lowest BCUT2D eigenvalue weighted by molar-refractivity contribution is 1.18. The Labute approximate surface area is 308 Å². The summed E-state index contributed by atoms with van der Waals surface area (Å²) in [6.07, 6.45) is 0. The van der Waals surface area contributed by atoms with Gasteiger partial charge in [-0.15, -0.1) is 0 Å². The van der Waals surface area contributed by atoms with Crippen molar-refractivity contribution >= 4 is 43.4 Å². The number of nitriles is 1. The summed E-state index contributed by atoms with van der Waals surface area (Å²) in [5, 5.41) is 17.7. The first-order valence-corrected chi connectivity index (χ1v) is 18.0. The van der Waals surface area contributed by atoms with Crippen molar-refractivity contribution in [2.24, 2.45) is 0 Å². The maximum absolute atomic E-state index is 10.4. The minimum atomic E-state index is 0.620. The monoisotopic (exact) mass is 672 g/mol. The van der Waals surface area contributed by atoms with Crippen LogP contribution in [0.1, 0.15) is 5.56 Å². The molecule has 0 bridgehead atoms. The molecule has 1 aromatic heterocycles. The normalized spacial score (nSPS) is 11.4. The van der Waals surface area contributed by atoms with Crippen LogP contribution in [0.15, 0.2) is 194 Å². The first kappa shape index (κ1) is 30.6. The van der Waals surface area contributed by atoms with Gasteiger partial charge >= 0.3 is 0 Å². The molecule has 0 radical (unpaired) electrons. The highest BCUT2D eigenvalue weighted by atomic mass is 15.0. The summed E-state index contributed by atoms with van der Waals surface area (Å²) in [6.45, 7) is 0. The SMILES string of the molecule is N#Cc1cc(-c2cc(-c3ccccc3)cc(-c3c4ccccc4c(-c4ccccc4)c4ccccc34)c2)cc(-n2c3ccccc3c3ccccc32)c1. The Balaban J connectivity index is 1.27. The predicted octanol–water partition coefficient (Wildman–Crippen LogP) is 13.6. The van der Waals surface area contributed by atoms with Crippen molar-refractivity contribution in [3.05, 3.63) is 200 Å². The van der Waals surface area contributed by atoms with E-state index in [2.05, 4.69) is 193 Å². The molecule has 10 rings (SSSR count). The third kappa shape index (κ3) is 5.10. The summed E-state index contributed by atoms with van der Waals surface area (Å²) in [5.41, 5.74) is 12.9. The molecule has 0 fully saturated rings. The molecule has 0 amide bonds. The van der Waals surface area contributed by atoms with E-state index in [1.165, 1.54) is 49.0 Å². The van der Waals surface area contributed by atoms with Gasteiger partial charge in [-0.2, -0.15) is 5.26 Å². The lowest BCUT2D eigenvalue weighted by atomic mass is 9.84. The lowest BCUT2D eigenvalue weighted by Crippen LogP contribution is -1.96. The fourth-order valence-corrected chi connectivity index (χ4v) is 8.26. The van der Waals surface area contributed by atoms with Gasteiger partial charge in [0.25, 0.3) is 0 Å². The zero-order valence-electron chi connectivity index (χ0n) is 28.9. The standard InChI is InChI=1S/C51H32N2/c52-33-34-27-37(32-41(28-34)53-48-25-13-11-19-42(48)43-20-12-14-26-49(43)53)39-29-38(35-15-3-1-4-16-35)30-40(31-39)51-46-23-9-7-21-44(46)50(36-17-5-2-6-18-36)45-22-8-10-24-47(45)51/h1-32H. The zero-order chi connectivity index (χ0) is 35.3. The highest BCUT2D eigenvalue weighted by molar-refractivity contribution is 6.21. The van der Waals surface area contributed by atoms with Crippen LogP contribution < -0.4 is 0 Å². The molecule has 0 aliphatic heterocycles. The van der Waals surface area contributed by atoms with E-state index >= 15 is 0 Å². The second kappa shape index (κ2) is 12.5. The molecule has 9 aromatic carbocycles. The third-order valence-electron chi connectivity index (χ3n) is 10.5. The number of aromatic nitrogens is 1. The molecule has 2 heteroatoms. The van der Waals surface area contributed by atoms with Gasteiger partial charge in [-0.3, -0.25) is 0 Å². The van der Waals surface area contributed by atoms with Gasteiger partial charge in [0.1, 0.15) is 0 Å². The van der Waals surface area contributed by atoms with E-state index in [-0.39, 0.29) is 0 Å². The number of nitrogens with zero attached hydrogens (tertiary/aromatic N) is 2. The van der Waals surface area contributed by atoms with Crippen LogP contribution in [0.4, 0.5) is 0 Å². The molecule has 0 aliphatic rings. The van der Waals surface area contributed by atoms with Gasteiger partial charge in [0.05, 0.1) is 22.7 Å². The van der Waals surface area contributed by atoms with Crippen LogP contribution in [0, 0.1) is 11.3 Å². The Morgan fingerprint density at radius 2 is 0.717 bits per heavy atom. The van der Waals surface area contributed by atoms with Gasteiger partial charge in [0.15, 0.2) is 0 Å². The summed E-state index contributed by atoms with van der Waals surface area (Å²) in [4.78, 5) is 0. The van der Waals surface area contributed by atoms with Crippen LogP contribution in [0.3, 0.4) is 0 Å².